The summed E-state index contributed by atoms with van der Waals surface area (Å²) in [6, 6.07) is -1.85. The van der Waals surface area contributed by atoms with Gasteiger partial charge in [0.15, 0.2) is 0 Å². The molecular formula is C32H62N6O6. The Kier molecular flexibility index (Phi) is 27.2. The molecule has 0 aliphatic carbocycles. The summed E-state index contributed by atoms with van der Waals surface area (Å²) in [4.78, 5) is 60.9. The van der Waals surface area contributed by atoms with E-state index in [2.05, 4.69) is 28.2 Å². The molecule has 0 aromatic heterocycles. The molecule has 44 heavy (non-hydrogen) atoms. The molecule has 9 N–H and O–H groups in total. The predicted molar refractivity (Wildman–Crippen MR) is 174 cm³/mol. The Labute approximate surface area is 265 Å². The van der Waals surface area contributed by atoms with Crippen molar-refractivity contribution < 1.29 is 29.1 Å². The maximum absolute atomic E-state index is 12.8. The Morgan fingerprint density at radius 3 is 1.50 bits per heavy atom. The van der Waals surface area contributed by atoms with Gasteiger partial charge in [0.05, 0.1) is 13.1 Å². The molecular weight excluding hydrogens is 564 g/mol. The molecule has 0 saturated carbocycles. The highest BCUT2D eigenvalue weighted by Crippen LogP contribution is 2.13. The van der Waals surface area contributed by atoms with Gasteiger partial charge in [-0.3, -0.25) is 19.2 Å². The van der Waals surface area contributed by atoms with Gasteiger partial charge in [-0.25, -0.2) is 4.79 Å². The van der Waals surface area contributed by atoms with Crippen LogP contribution in [0.2, 0.25) is 0 Å². The monoisotopic (exact) mass is 626 g/mol. The summed E-state index contributed by atoms with van der Waals surface area (Å²) in [7, 11) is 0. The number of rotatable bonds is 30. The molecule has 0 rings (SSSR count). The Balaban J connectivity index is 4.31. The molecule has 0 bridgehead atoms. The number of carbonyl (C=O) groups excluding carboxylic acids is 4. The third-order valence-electron chi connectivity index (χ3n) is 7.56. The van der Waals surface area contributed by atoms with Crippen LogP contribution in [0, 0.1) is 0 Å². The highest BCUT2D eigenvalue weighted by Gasteiger charge is 2.22. The van der Waals surface area contributed by atoms with Crippen LogP contribution in [-0.4, -0.2) is 73.0 Å². The molecule has 0 aliphatic rings. The molecule has 0 heterocycles. The predicted octanol–water partition coefficient (Wildman–Crippen LogP) is 3.01. The fraction of sp³-hybridized carbons (Fsp3) is 0.844. The van der Waals surface area contributed by atoms with E-state index in [4.69, 9.17) is 11.5 Å². The summed E-state index contributed by atoms with van der Waals surface area (Å²) < 4.78 is 0. The minimum absolute atomic E-state index is 0.193. The number of nitrogens with one attached hydrogen (secondary N) is 4. The van der Waals surface area contributed by atoms with Crippen molar-refractivity contribution in [3.05, 3.63) is 0 Å². The number of carboxylic acids is 1. The fourth-order valence-corrected chi connectivity index (χ4v) is 4.86. The number of nitrogens with two attached hydrogens (primary N) is 2. The summed E-state index contributed by atoms with van der Waals surface area (Å²) in [5, 5.41) is 19.3. The Morgan fingerprint density at radius 1 is 0.545 bits per heavy atom. The molecule has 12 nitrogen and oxygen atoms in total. The number of hydrogen-bond acceptors (Lipinski definition) is 7. The first-order chi connectivity index (χ1) is 21.2. The number of unbranched alkanes of at least 4 members (excludes halogenated alkanes) is 14. The van der Waals surface area contributed by atoms with Gasteiger partial charge in [0.1, 0.15) is 12.1 Å². The van der Waals surface area contributed by atoms with Gasteiger partial charge in [-0.1, -0.05) is 84.0 Å². The summed E-state index contributed by atoms with van der Waals surface area (Å²) >= 11 is 0. The Morgan fingerprint density at radius 2 is 1.00 bits per heavy atom. The van der Waals surface area contributed by atoms with Gasteiger partial charge in [-0.05, 0) is 58.0 Å². The third-order valence-corrected chi connectivity index (χ3v) is 7.56. The lowest BCUT2D eigenvalue weighted by Crippen LogP contribution is -2.50. The standard InChI is InChI=1S/C32H62N6O6/c1-2-3-4-5-6-7-8-9-10-11-12-13-14-21-28(39)37-26(19-15-17-22-33)31(42)36-24-29(40)35-25-30(41)38-27(32(43)44)20-16-18-23-34/h26-27H,2-25,33-34H2,1H3,(H,35,40)(H,36,42)(H,37,39)(H,38,41)(H,43,44)/t26-,27-/m0/s1. The molecule has 0 radical (unpaired) electrons. The quantitative estimate of drug-likeness (QED) is 0.0589. The van der Waals surface area contributed by atoms with Crippen molar-refractivity contribution >= 4 is 29.6 Å². The molecule has 0 aliphatic heterocycles. The van der Waals surface area contributed by atoms with Crippen LogP contribution in [0.5, 0.6) is 0 Å². The van der Waals surface area contributed by atoms with E-state index in [1.165, 1.54) is 64.2 Å². The lowest BCUT2D eigenvalue weighted by atomic mass is 10.0. The van der Waals surface area contributed by atoms with Crippen LogP contribution < -0.4 is 32.7 Å². The van der Waals surface area contributed by atoms with Crippen LogP contribution in [0.3, 0.4) is 0 Å². The second-order valence-electron chi connectivity index (χ2n) is 11.6. The maximum Gasteiger partial charge on any atom is 0.326 e. The minimum Gasteiger partial charge on any atom is -0.480 e. The molecule has 2 atom stereocenters. The summed E-state index contributed by atoms with van der Waals surface area (Å²) in [6.07, 6.45) is 19.4. The number of carboxylic acid groups (broad SMARTS) is 1. The lowest BCUT2D eigenvalue weighted by Gasteiger charge is -2.18. The van der Waals surface area contributed by atoms with Gasteiger partial charge >= 0.3 is 5.97 Å². The second kappa shape index (κ2) is 29.0. The van der Waals surface area contributed by atoms with Gasteiger partial charge in [-0.15, -0.1) is 0 Å². The van der Waals surface area contributed by atoms with Crippen molar-refractivity contribution in [2.45, 2.75) is 147 Å². The van der Waals surface area contributed by atoms with E-state index in [0.717, 1.165) is 19.3 Å². The summed E-state index contributed by atoms with van der Waals surface area (Å²) in [5.41, 5.74) is 11.0. The molecule has 0 saturated heterocycles. The van der Waals surface area contributed by atoms with Crippen molar-refractivity contribution in [3.63, 3.8) is 0 Å². The van der Waals surface area contributed by atoms with Crippen LogP contribution in [0.4, 0.5) is 0 Å². The number of amides is 4. The van der Waals surface area contributed by atoms with Crippen LogP contribution in [0.1, 0.15) is 135 Å². The van der Waals surface area contributed by atoms with Crippen LogP contribution in [-0.2, 0) is 24.0 Å². The first kappa shape index (κ1) is 41.3. The molecule has 12 heteroatoms. The number of aliphatic carboxylic acids is 1. The topological polar surface area (TPSA) is 206 Å². The van der Waals surface area contributed by atoms with Crippen LogP contribution in [0.15, 0.2) is 0 Å². The minimum atomic E-state index is -1.16. The van der Waals surface area contributed by atoms with Crippen molar-refractivity contribution in [1.29, 1.82) is 0 Å². The van der Waals surface area contributed by atoms with Gasteiger partial charge in [0.25, 0.3) is 0 Å². The molecule has 0 fully saturated rings. The summed E-state index contributed by atoms with van der Waals surface area (Å²) in [5.74, 6) is -3.09. The summed E-state index contributed by atoms with van der Waals surface area (Å²) in [6.45, 7) is 2.33. The van der Waals surface area contributed by atoms with Gasteiger partial charge in [0.2, 0.25) is 23.6 Å². The van der Waals surface area contributed by atoms with Crippen molar-refractivity contribution in [3.8, 4) is 0 Å². The highest BCUT2D eigenvalue weighted by atomic mass is 16.4. The Hall–Kier alpha value is -2.73. The van der Waals surface area contributed by atoms with E-state index in [1.54, 1.807) is 0 Å². The maximum atomic E-state index is 12.8. The lowest BCUT2D eigenvalue weighted by molar-refractivity contribution is -0.142. The zero-order chi connectivity index (χ0) is 32.8. The normalized spacial score (nSPS) is 12.2. The third kappa shape index (κ3) is 24.7. The van der Waals surface area contributed by atoms with Gasteiger partial charge < -0.3 is 37.8 Å². The van der Waals surface area contributed by atoms with E-state index in [-0.39, 0.29) is 18.9 Å². The average molecular weight is 627 g/mol. The molecule has 0 aromatic carbocycles. The van der Waals surface area contributed by atoms with Crippen molar-refractivity contribution in [1.82, 2.24) is 21.3 Å². The van der Waals surface area contributed by atoms with E-state index in [1.807, 2.05) is 0 Å². The second-order valence-corrected chi connectivity index (χ2v) is 11.6. The molecule has 0 aromatic rings. The SMILES string of the molecule is CCCCCCCCCCCCCCCC(=O)N[C@@H](CCCCN)C(=O)NCC(=O)NCC(=O)N[C@@H](CCCCN)C(=O)O. The molecule has 256 valence electrons. The highest BCUT2D eigenvalue weighted by molar-refractivity contribution is 5.92. The fourth-order valence-electron chi connectivity index (χ4n) is 4.86. The zero-order valence-corrected chi connectivity index (χ0v) is 27.3. The average Bonchev–Trinajstić information content (AvgIpc) is 3.00. The Bertz CT molecular complexity index is 797. The molecule has 0 unspecified atom stereocenters. The smallest absolute Gasteiger partial charge is 0.326 e. The van der Waals surface area contributed by atoms with Crippen LogP contribution in [0.25, 0.3) is 0 Å². The van der Waals surface area contributed by atoms with E-state index in [9.17, 15) is 29.1 Å². The van der Waals surface area contributed by atoms with Crippen molar-refractivity contribution in [2.75, 3.05) is 26.2 Å². The molecule has 0 spiro atoms. The van der Waals surface area contributed by atoms with Crippen molar-refractivity contribution in [2.24, 2.45) is 11.5 Å². The van der Waals surface area contributed by atoms with E-state index >= 15 is 0 Å². The number of hydrogen-bond donors (Lipinski definition) is 7. The van der Waals surface area contributed by atoms with Crippen LogP contribution >= 0.6 is 0 Å². The first-order valence-corrected chi connectivity index (χ1v) is 17.0. The zero-order valence-electron chi connectivity index (χ0n) is 27.3. The molecule has 4 amide bonds. The van der Waals surface area contributed by atoms with Gasteiger partial charge in [0, 0.05) is 6.42 Å². The van der Waals surface area contributed by atoms with Gasteiger partial charge in [-0.2, -0.15) is 0 Å². The largest absolute Gasteiger partial charge is 0.480 e. The van der Waals surface area contributed by atoms with E-state index in [0.29, 0.717) is 51.6 Å². The first-order valence-electron chi connectivity index (χ1n) is 17.0. The number of carbonyl (C=O) groups is 5. The van der Waals surface area contributed by atoms with E-state index < -0.39 is 42.3 Å².